The summed E-state index contributed by atoms with van der Waals surface area (Å²) in [6, 6.07) is 0. The number of rotatable bonds is 0. The lowest BCUT2D eigenvalue weighted by molar-refractivity contribution is 0.0967. The summed E-state index contributed by atoms with van der Waals surface area (Å²) in [7, 11) is -0.137. The first-order chi connectivity index (χ1) is 8.00. The molecule has 0 unspecified atom stereocenters. The third kappa shape index (κ3) is 21.9. The molecular formula is C10H21ClO5S. The van der Waals surface area contributed by atoms with Crippen LogP contribution >= 0.6 is 10.7 Å². The zero-order valence-corrected chi connectivity index (χ0v) is 11.5. The zero-order valence-electron chi connectivity index (χ0n) is 9.94. The topological polar surface area (TPSA) is 72.8 Å². The van der Waals surface area contributed by atoms with Gasteiger partial charge in [-0.15, -0.1) is 0 Å². The summed E-state index contributed by atoms with van der Waals surface area (Å²) in [4.78, 5) is 0. The molecule has 2 fully saturated rings. The van der Waals surface area contributed by atoms with Crippen molar-refractivity contribution in [3.8, 4) is 0 Å². The lowest BCUT2D eigenvalue weighted by Crippen LogP contribution is -2.03. The first-order valence-electron chi connectivity index (χ1n) is 5.82. The van der Waals surface area contributed by atoms with Crippen LogP contribution in [0.1, 0.15) is 38.5 Å². The Hall–Kier alpha value is 0.120. The Morgan fingerprint density at radius 3 is 1.06 bits per heavy atom. The van der Waals surface area contributed by atoms with E-state index in [1.165, 1.54) is 38.5 Å². The van der Waals surface area contributed by atoms with Gasteiger partial charge in [-0.1, -0.05) is 0 Å². The van der Waals surface area contributed by atoms with E-state index in [2.05, 4.69) is 10.7 Å². The van der Waals surface area contributed by atoms with Crippen LogP contribution in [0.25, 0.3) is 0 Å². The molecule has 0 bridgehead atoms. The lowest BCUT2D eigenvalue weighted by atomic mass is 10.2. The predicted octanol–water partition coefficient (Wildman–Crippen LogP) is 2.40. The van der Waals surface area contributed by atoms with Gasteiger partial charge in [-0.3, -0.25) is 4.55 Å². The SMILES string of the molecule is C1CCOCC1.C1CCOCC1.O=S(=O)(O)Cl. The van der Waals surface area contributed by atoms with E-state index in [0.717, 1.165) is 26.4 Å². The van der Waals surface area contributed by atoms with Gasteiger partial charge in [0.25, 0.3) is 0 Å². The maximum absolute atomic E-state index is 8.95. The molecule has 0 aromatic rings. The second-order valence-electron chi connectivity index (χ2n) is 3.76. The van der Waals surface area contributed by atoms with Gasteiger partial charge in [0, 0.05) is 37.1 Å². The van der Waals surface area contributed by atoms with Crippen LogP contribution in [-0.4, -0.2) is 39.4 Å². The van der Waals surface area contributed by atoms with Gasteiger partial charge in [0.05, 0.1) is 0 Å². The Balaban J connectivity index is 0.000000228. The van der Waals surface area contributed by atoms with Crippen molar-refractivity contribution in [2.24, 2.45) is 0 Å². The molecule has 0 saturated carbocycles. The van der Waals surface area contributed by atoms with Crippen molar-refractivity contribution in [1.82, 2.24) is 0 Å². The molecule has 2 aliphatic rings. The second-order valence-corrected chi connectivity index (χ2v) is 5.75. The van der Waals surface area contributed by atoms with Crippen molar-refractivity contribution >= 4 is 20.0 Å². The quantitative estimate of drug-likeness (QED) is 0.547. The molecule has 2 heterocycles. The first-order valence-corrected chi connectivity index (χ1v) is 8.09. The van der Waals surface area contributed by atoms with E-state index < -0.39 is 9.33 Å². The largest absolute Gasteiger partial charge is 0.381 e. The third-order valence-corrected chi connectivity index (χ3v) is 2.15. The van der Waals surface area contributed by atoms with E-state index in [0.29, 0.717) is 0 Å². The minimum Gasteiger partial charge on any atom is -0.381 e. The molecule has 2 saturated heterocycles. The van der Waals surface area contributed by atoms with Crippen molar-refractivity contribution in [2.75, 3.05) is 26.4 Å². The van der Waals surface area contributed by atoms with Crippen molar-refractivity contribution < 1.29 is 22.4 Å². The lowest BCUT2D eigenvalue weighted by Gasteiger charge is -2.08. The van der Waals surface area contributed by atoms with E-state index in [1.807, 2.05) is 0 Å². The molecule has 2 aliphatic heterocycles. The van der Waals surface area contributed by atoms with Crippen LogP contribution in [0, 0.1) is 0 Å². The van der Waals surface area contributed by atoms with Gasteiger partial charge in [0.1, 0.15) is 0 Å². The van der Waals surface area contributed by atoms with E-state index in [4.69, 9.17) is 22.4 Å². The monoisotopic (exact) mass is 288 g/mol. The summed E-state index contributed by atoms with van der Waals surface area (Å²) in [5.41, 5.74) is 0. The summed E-state index contributed by atoms with van der Waals surface area (Å²) in [6.07, 6.45) is 7.86. The Morgan fingerprint density at radius 2 is 1.00 bits per heavy atom. The third-order valence-electron chi connectivity index (χ3n) is 2.15. The summed E-state index contributed by atoms with van der Waals surface area (Å²) < 4.78 is 35.3. The standard InChI is InChI=1S/2C5H10O.ClHO3S/c2*1-2-4-6-5-3-1;1-5(2,3)4/h2*1-5H2;(H,2,3,4). The molecule has 104 valence electrons. The Bertz CT molecular complexity index is 204. The Kier molecular flexibility index (Phi) is 11.3. The van der Waals surface area contributed by atoms with Gasteiger partial charge in [-0.25, -0.2) is 0 Å². The summed E-state index contributed by atoms with van der Waals surface area (Å²) >= 11 is 0. The highest BCUT2D eigenvalue weighted by molar-refractivity contribution is 8.09. The fraction of sp³-hybridized carbons (Fsp3) is 1.00. The molecule has 0 radical (unpaired) electrons. The minimum atomic E-state index is -4.19. The molecule has 17 heavy (non-hydrogen) atoms. The van der Waals surface area contributed by atoms with E-state index >= 15 is 0 Å². The molecule has 7 heteroatoms. The molecule has 1 N–H and O–H groups in total. The molecule has 0 atom stereocenters. The molecule has 2 rings (SSSR count). The highest BCUT2D eigenvalue weighted by Crippen LogP contribution is 2.02. The van der Waals surface area contributed by atoms with Crippen LogP contribution < -0.4 is 0 Å². The molecule has 0 aliphatic carbocycles. The van der Waals surface area contributed by atoms with Crippen molar-refractivity contribution in [3.05, 3.63) is 0 Å². The van der Waals surface area contributed by atoms with E-state index in [1.54, 1.807) is 0 Å². The molecule has 0 spiro atoms. The normalized spacial score (nSPS) is 20.4. The van der Waals surface area contributed by atoms with Gasteiger partial charge in [0.15, 0.2) is 0 Å². The number of hydrogen-bond acceptors (Lipinski definition) is 4. The molecule has 0 aromatic heterocycles. The van der Waals surface area contributed by atoms with Crippen LogP contribution in [0.4, 0.5) is 0 Å². The Labute approximate surface area is 108 Å². The molecule has 5 nitrogen and oxygen atoms in total. The number of ether oxygens (including phenoxy) is 2. The van der Waals surface area contributed by atoms with Crippen molar-refractivity contribution in [1.29, 1.82) is 0 Å². The van der Waals surface area contributed by atoms with Crippen LogP contribution in [0.5, 0.6) is 0 Å². The first kappa shape index (κ1) is 17.1. The highest BCUT2D eigenvalue weighted by Gasteiger charge is 1.95. The average molecular weight is 289 g/mol. The molecule has 0 aromatic carbocycles. The van der Waals surface area contributed by atoms with Gasteiger partial charge in [-0.2, -0.15) is 8.42 Å². The van der Waals surface area contributed by atoms with E-state index in [9.17, 15) is 0 Å². The maximum Gasteiger partial charge on any atom is 0.353 e. The summed E-state index contributed by atoms with van der Waals surface area (Å²) in [6.45, 7) is 4.00. The highest BCUT2D eigenvalue weighted by atomic mass is 35.7. The number of halogens is 1. The maximum atomic E-state index is 8.95. The smallest absolute Gasteiger partial charge is 0.353 e. The van der Waals surface area contributed by atoms with Crippen molar-refractivity contribution in [2.45, 2.75) is 38.5 Å². The fourth-order valence-electron chi connectivity index (χ4n) is 1.37. The molecular weight excluding hydrogens is 268 g/mol. The van der Waals surface area contributed by atoms with Crippen LogP contribution in [0.15, 0.2) is 0 Å². The van der Waals surface area contributed by atoms with Crippen LogP contribution in [-0.2, 0) is 18.8 Å². The van der Waals surface area contributed by atoms with Gasteiger partial charge >= 0.3 is 9.33 Å². The summed E-state index contributed by atoms with van der Waals surface area (Å²) in [5, 5.41) is 0. The van der Waals surface area contributed by atoms with Gasteiger partial charge in [0.2, 0.25) is 0 Å². The second kappa shape index (κ2) is 11.2. The minimum absolute atomic E-state index is 1.00. The average Bonchev–Trinajstić information content (AvgIpc) is 2.32. The molecule has 0 amide bonds. The van der Waals surface area contributed by atoms with Crippen molar-refractivity contribution in [3.63, 3.8) is 0 Å². The predicted molar refractivity (Wildman–Crippen MR) is 66.7 cm³/mol. The number of hydrogen-bond donors (Lipinski definition) is 1. The van der Waals surface area contributed by atoms with E-state index in [-0.39, 0.29) is 0 Å². The fourth-order valence-corrected chi connectivity index (χ4v) is 1.37. The van der Waals surface area contributed by atoms with Gasteiger partial charge in [-0.05, 0) is 38.5 Å². The summed E-state index contributed by atoms with van der Waals surface area (Å²) in [5.74, 6) is 0. The van der Waals surface area contributed by atoms with Gasteiger partial charge < -0.3 is 9.47 Å². The van der Waals surface area contributed by atoms with Crippen LogP contribution in [0.2, 0.25) is 0 Å². The Morgan fingerprint density at radius 1 is 0.765 bits per heavy atom. The zero-order chi connectivity index (χ0) is 13.0. The van der Waals surface area contributed by atoms with Crippen LogP contribution in [0.3, 0.4) is 0 Å².